The van der Waals surface area contributed by atoms with Crippen LogP contribution in [0, 0.1) is 0 Å². The number of rotatable bonds is 3. The minimum atomic E-state index is -0.793. The Balaban J connectivity index is 3.47. The zero-order valence-electron chi connectivity index (χ0n) is 7.01. The molecule has 60 valence electrons. The van der Waals surface area contributed by atoms with Gasteiger partial charge in [-0.3, -0.25) is 0 Å². The highest BCUT2D eigenvalue weighted by Gasteiger charge is 2.12. The molecular formula is C7H15NO2. The fourth-order valence-corrected chi connectivity index (χ4v) is 0.319. The molecule has 10 heavy (non-hydrogen) atoms. The van der Waals surface area contributed by atoms with Crippen LogP contribution in [0.5, 0.6) is 0 Å². The second-order valence-corrected chi connectivity index (χ2v) is 3.12. The molecule has 0 fully saturated rings. The van der Waals surface area contributed by atoms with E-state index in [1.807, 2.05) is 13.8 Å². The standard InChI is InChI=1S/C7H15NO2/c1-6(2)8-10-5-7(3,4)9/h9H,5H2,1-4H3. The van der Waals surface area contributed by atoms with Crippen LogP contribution in [0.4, 0.5) is 0 Å². The summed E-state index contributed by atoms with van der Waals surface area (Å²) in [4.78, 5) is 4.80. The van der Waals surface area contributed by atoms with Gasteiger partial charge in [0, 0.05) is 0 Å². The minimum Gasteiger partial charge on any atom is -0.393 e. The van der Waals surface area contributed by atoms with Gasteiger partial charge in [0.05, 0.1) is 11.3 Å². The highest BCUT2D eigenvalue weighted by Crippen LogP contribution is 2.00. The van der Waals surface area contributed by atoms with E-state index in [9.17, 15) is 0 Å². The molecule has 0 aliphatic heterocycles. The van der Waals surface area contributed by atoms with Crippen LogP contribution in [0.1, 0.15) is 27.7 Å². The van der Waals surface area contributed by atoms with E-state index in [-0.39, 0.29) is 6.61 Å². The molecule has 0 aromatic carbocycles. The number of oxime groups is 1. The summed E-state index contributed by atoms with van der Waals surface area (Å²) < 4.78 is 0. The number of nitrogens with zero attached hydrogens (tertiary/aromatic N) is 1. The zero-order valence-corrected chi connectivity index (χ0v) is 7.01. The Labute approximate surface area is 61.7 Å². The van der Waals surface area contributed by atoms with Crippen molar-refractivity contribution in [2.45, 2.75) is 33.3 Å². The van der Waals surface area contributed by atoms with Crippen molar-refractivity contribution < 1.29 is 9.94 Å². The second-order valence-electron chi connectivity index (χ2n) is 3.12. The fourth-order valence-electron chi connectivity index (χ4n) is 0.319. The Hall–Kier alpha value is -0.570. The van der Waals surface area contributed by atoms with E-state index >= 15 is 0 Å². The van der Waals surface area contributed by atoms with Gasteiger partial charge in [-0.25, -0.2) is 0 Å². The molecule has 0 saturated carbocycles. The monoisotopic (exact) mass is 145 g/mol. The Morgan fingerprint density at radius 2 is 2.00 bits per heavy atom. The van der Waals surface area contributed by atoms with E-state index in [0.29, 0.717) is 0 Å². The summed E-state index contributed by atoms with van der Waals surface area (Å²) in [6, 6.07) is 0. The molecule has 1 N–H and O–H groups in total. The average molecular weight is 145 g/mol. The van der Waals surface area contributed by atoms with Crippen LogP contribution in [0.25, 0.3) is 0 Å². The highest BCUT2D eigenvalue weighted by atomic mass is 16.6. The molecule has 0 heterocycles. The first-order valence-corrected chi connectivity index (χ1v) is 3.27. The van der Waals surface area contributed by atoms with Gasteiger partial charge in [0.15, 0.2) is 0 Å². The van der Waals surface area contributed by atoms with Crippen LogP contribution in [-0.2, 0) is 4.84 Å². The second kappa shape index (κ2) is 3.56. The van der Waals surface area contributed by atoms with Crippen LogP contribution < -0.4 is 0 Å². The van der Waals surface area contributed by atoms with Crippen molar-refractivity contribution in [3.05, 3.63) is 0 Å². The number of aliphatic hydroxyl groups is 1. The molecule has 0 spiro atoms. The normalized spacial score (nSPS) is 10.9. The zero-order chi connectivity index (χ0) is 8.20. The molecular weight excluding hydrogens is 130 g/mol. The highest BCUT2D eigenvalue weighted by molar-refractivity contribution is 5.78. The van der Waals surface area contributed by atoms with Gasteiger partial charge in [-0.2, -0.15) is 0 Å². The van der Waals surface area contributed by atoms with Crippen LogP contribution >= 0.6 is 0 Å². The van der Waals surface area contributed by atoms with Crippen LogP contribution in [-0.4, -0.2) is 23.0 Å². The molecule has 0 aromatic rings. The molecule has 0 aliphatic carbocycles. The predicted molar refractivity (Wildman–Crippen MR) is 41.0 cm³/mol. The maximum atomic E-state index is 9.14. The van der Waals surface area contributed by atoms with Crippen molar-refractivity contribution in [3.8, 4) is 0 Å². The molecule has 0 aromatic heterocycles. The summed E-state index contributed by atoms with van der Waals surface area (Å²) in [6.45, 7) is 7.26. The van der Waals surface area contributed by atoms with Crippen molar-refractivity contribution in [3.63, 3.8) is 0 Å². The maximum absolute atomic E-state index is 9.14. The van der Waals surface area contributed by atoms with Gasteiger partial charge in [-0.1, -0.05) is 5.16 Å². The lowest BCUT2D eigenvalue weighted by Gasteiger charge is -2.14. The van der Waals surface area contributed by atoms with Crippen LogP contribution in [0.3, 0.4) is 0 Å². The molecule has 0 amide bonds. The van der Waals surface area contributed by atoms with E-state index < -0.39 is 5.60 Å². The van der Waals surface area contributed by atoms with E-state index in [4.69, 9.17) is 9.94 Å². The first-order valence-electron chi connectivity index (χ1n) is 3.27. The van der Waals surface area contributed by atoms with Gasteiger partial charge in [-0.15, -0.1) is 0 Å². The molecule has 0 rings (SSSR count). The maximum Gasteiger partial charge on any atom is 0.145 e. The van der Waals surface area contributed by atoms with Crippen molar-refractivity contribution >= 4 is 5.71 Å². The molecule has 0 atom stereocenters. The van der Waals surface area contributed by atoms with E-state index in [0.717, 1.165) is 5.71 Å². The topological polar surface area (TPSA) is 41.8 Å². The molecule has 0 aliphatic rings. The minimum absolute atomic E-state index is 0.234. The van der Waals surface area contributed by atoms with E-state index in [1.54, 1.807) is 13.8 Å². The van der Waals surface area contributed by atoms with Crippen molar-refractivity contribution in [1.29, 1.82) is 0 Å². The lowest BCUT2D eigenvalue weighted by molar-refractivity contribution is -0.0190. The van der Waals surface area contributed by atoms with Gasteiger partial charge < -0.3 is 9.94 Å². The Kier molecular flexibility index (Phi) is 3.36. The Morgan fingerprint density at radius 1 is 1.50 bits per heavy atom. The first-order chi connectivity index (χ1) is 4.42. The first kappa shape index (κ1) is 9.43. The molecule has 3 nitrogen and oxygen atoms in total. The smallest absolute Gasteiger partial charge is 0.145 e. The van der Waals surface area contributed by atoms with Crippen molar-refractivity contribution in [2.24, 2.45) is 5.16 Å². The van der Waals surface area contributed by atoms with Crippen LogP contribution in [0.2, 0.25) is 0 Å². The average Bonchev–Trinajstić information content (AvgIpc) is 1.59. The third-order valence-corrected chi connectivity index (χ3v) is 0.665. The fraction of sp³-hybridized carbons (Fsp3) is 0.857. The van der Waals surface area contributed by atoms with Gasteiger partial charge in [0.25, 0.3) is 0 Å². The van der Waals surface area contributed by atoms with E-state index in [1.165, 1.54) is 0 Å². The Bertz CT molecular complexity index is 120. The summed E-state index contributed by atoms with van der Waals surface area (Å²) in [5.74, 6) is 0. The molecule has 0 radical (unpaired) electrons. The molecule has 0 bridgehead atoms. The summed E-state index contributed by atoms with van der Waals surface area (Å²) >= 11 is 0. The summed E-state index contributed by atoms with van der Waals surface area (Å²) in [6.07, 6.45) is 0. The number of hydrogen-bond acceptors (Lipinski definition) is 3. The van der Waals surface area contributed by atoms with Gasteiger partial charge in [0.1, 0.15) is 6.61 Å². The summed E-state index contributed by atoms with van der Waals surface area (Å²) in [5.41, 5.74) is 0.0584. The van der Waals surface area contributed by atoms with Crippen LogP contribution in [0.15, 0.2) is 5.16 Å². The van der Waals surface area contributed by atoms with Crippen molar-refractivity contribution in [1.82, 2.24) is 0 Å². The predicted octanol–water partition coefficient (Wildman–Crippen LogP) is 1.17. The van der Waals surface area contributed by atoms with Gasteiger partial charge in [-0.05, 0) is 27.7 Å². The quantitative estimate of drug-likeness (QED) is 0.478. The summed E-state index contributed by atoms with van der Waals surface area (Å²) in [5, 5.41) is 12.8. The lowest BCUT2D eigenvalue weighted by atomic mass is 10.2. The summed E-state index contributed by atoms with van der Waals surface area (Å²) in [7, 11) is 0. The lowest BCUT2D eigenvalue weighted by Crippen LogP contribution is -2.24. The van der Waals surface area contributed by atoms with E-state index in [2.05, 4.69) is 5.16 Å². The Morgan fingerprint density at radius 3 is 2.30 bits per heavy atom. The number of hydrogen-bond donors (Lipinski definition) is 1. The molecule has 3 heteroatoms. The molecule has 0 saturated heterocycles. The van der Waals surface area contributed by atoms with Gasteiger partial charge in [0.2, 0.25) is 0 Å². The van der Waals surface area contributed by atoms with Crippen molar-refractivity contribution in [2.75, 3.05) is 6.61 Å². The molecule has 0 unspecified atom stereocenters. The van der Waals surface area contributed by atoms with Gasteiger partial charge >= 0.3 is 0 Å². The largest absolute Gasteiger partial charge is 0.393 e. The SMILES string of the molecule is CC(C)=NOCC(C)(C)O. The third kappa shape index (κ3) is 7.43. The third-order valence-electron chi connectivity index (χ3n) is 0.665.